The number of nitrogens with one attached hydrogen (secondary N) is 1. The largest absolute Gasteiger partial charge is 0.418 e. The van der Waals surface area contributed by atoms with Crippen LogP contribution in [0.4, 0.5) is 36.8 Å². The number of carbonyl (C=O) groups excluding carboxylic acids is 2. The number of hydrogen-bond acceptors (Lipinski definition) is 5. The molecule has 0 aromatic heterocycles. The van der Waals surface area contributed by atoms with Gasteiger partial charge in [0.1, 0.15) is 0 Å². The van der Waals surface area contributed by atoms with Crippen molar-refractivity contribution in [1.29, 1.82) is 0 Å². The van der Waals surface area contributed by atoms with E-state index in [4.69, 9.17) is 4.74 Å². The van der Waals surface area contributed by atoms with Gasteiger partial charge in [0.25, 0.3) is 0 Å². The van der Waals surface area contributed by atoms with E-state index >= 15 is 0 Å². The Kier molecular flexibility index (Phi) is 9.65. The van der Waals surface area contributed by atoms with Crippen molar-refractivity contribution in [3.63, 3.8) is 0 Å². The number of ether oxygens (including phenoxy) is 1. The maximum Gasteiger partial charge on any atom is 0.418 e. The van der Waals surface area contributed by atoms with E-state index < -0.39 is 45.9 Å². The van der Waals surface area contributed by atoms with Gasteiger partial charge in [-0.1, -0.05) is 36.7 Å². The fourth-order valence-electron chi connectivity index (χ4n) is 3.56. The highest BCUT2D eigenvalue weighted by Gasteiger charge is 2.46. The summed E-state index contributed by atoms with van der Waals surface area (Å²) in [5.41, 5.74) is -4.32. The number of benzene rings is 2. The Morgan fingerprint density at radius 2 is 1.74 bits per heavy atom. The molecule has 1 saturated heterocycles. The first-order valence-electron chi connectivity index (χ1n) is 11.2. The van der Waals surface area contributed by atoms with Crippen LogP contribution in [-0.2, 0) is 21.9 Å². The molecular weight excluding hydrogens is 556 g/mol. The molecule has 0 radical (unpaired) electrons. The van der Waals surface area contributed by atoms with Crippen LogP contribution in [0.25, 0.3) is 6.08 Å². The summed E-state index contributed by atoms with van der Waals surface area (Å²) in [7, 11) is 0. The number of amides is 3. The van der Waals surface area contributed by atoms with Crippen LogP contribution in [0.5, 0.6) is 0 Å². The number of nitrogens with zero attached hydrogens (tertiary/aromatic N) is 2. The Labute approximate surface area is 224 Å². The number of alkyl halides is 6. The molecule has 2 aromatic rings. The third-order valence-corrected chi connectivity index (χ3v) is 6.86. The summed E-state index contributed by atoms with van der Waals surface area (Å²) in [6.45, 7) is 2.91. The third kappa shape index (κ3) is 7.60. The molecule has 14 heteroatoms. The number of urea groups is 1. The molecule has 1 heterocycles. The van der Waals surface area contributed by atoms with Gasteiger partial charge >= 0.3 is 18.4 Å². The zero-order valence-corrected chi connectivity index (χ0v) is 21.6. The van der Waals surface area contributed by atoms with Crippen LogP contribution in [0.2, 0.25) is 0 Å². The highest BCUT2D eigenvalue weighted by Crippen LogP contribution is 2.48. The first-order chi connectivity index (χ1) is 17.8. The first-order valence-corrected chi connectivity index (χ1v) is 12.4. The monoisotopic (exact) mass is 579 g/mol. The fraction of sp³-hybridized carbons (Fsp3) is 0.333. The van der Waals surface area contributed by atoms with Crippen molar-refractivity contribution in [3.05, 3.63) is 59.2 Å². The predicted molar refractivity (Wildman–Crippen MR) is 134 cm³/mol. The fourth-order valence-corrected chi connectivity index (χ4v) is 4.65. The zero-order chi connectivity index (χ0) is 28.1. The number of rotatable bonds is 6. The Balaban J connectivity index is 2.00. The Bertz CT molecular complexity index is 1200. The summed E-state index contributed by atoms with van der Waals surface area (Å²) in [5, 5.41) is 2.50. The third-order valence-electron chi connectivity index (χ3n) is 5.34. The number of morpholine rings is 1. The molecule has 1 aliphatic heterocycles. The first kappa shape index (κ1) is 29.7. The summed E-state index contributed by atoms with van der Waals surface area (Å²) in [5.74, 6) is -0.629. The quantitative estimate of drug-likeness (QED) is 0.235. The van der Waals surface area contributed by atoms with E-state index in [0.29, 0.717) is 11.8 Å². The maximum absolute atomic E-state index is 14.1. The van der Waals surface area contributed by atoms with Gasteiger partial charge in [0.15, 0.2) is 0 Å². The summed E-state index contributed by atoms with van der Waals surface area (Å²) in [6.07, 6.45) is -9.15. The van der Waals surface area contributed by atoms with Crippen molar-refractivity contribution in [1.82, 2.24) is 9.21 Å². The van der Waals surface area contributed by atoms with Gasteiger partial charge in [-0.3, -0.25) is 9.10 Å². The van der Waals surface area contributed by atoms with Crippen LogP contribution < -0.4 is 5.32 Å². The number of anilines is 1. The second-order valence-corrected chi connectivity index (χ2v) is 9.54. The molecular formula is C24H23F6N3O3S2. The predicted octanol–water partition coefficient (Wildman–Crippen LogP) is 6.45. The number of hydrogen-bond donors (Lipinski definition) is 2. The average Bonchev–Trinajstić information content (AvgIpc) is 2.86. The lowest BCUT2D eigenvalue weighted by Crippen LogP contribution is -2.39. The lowest BCUT2D eigenvalue weighted by molar-refractivity contribution is -0.163. The maximum atomic E-state index is 14.1. The molecule has 38 heavy (non-hydrogen) atoms. The van der Waals surface area contributed by atoms with E-state index in [1.165, 1.54) is 29.2 Å². The molecule has 0 atom stereocenters. The second kappa shape index (κ2) is 12.3. The SMILES string of the molecule is CCN(S)C(=O)Nc1cccc(Sc2ccc(C=CC(=O)N3CCOCC3)c(C(F)(F)F)c2C(F)(F)F)c1. The van der Waals surface area contributed by atoms with Crippen LogP contribution in [0.15, 0.2) is 52.3 Å². The van der Waals surface area contributed by atoms with Crippen molar-refractivity contribution in [2.45, 2.75) is 29.1 Å². The normalized spacial score (nSPS) is 14.6. The molecule has 6 nitrogen and oxygen atoms in total. The summed E-state index contributed by atoms with van der Waals surface area (Å²) in [6, 6.07) is 6.90. The van der Waals surface area contributed by atoms with Gasteiger partial charge in [-0.05, 0) is 42.8 Å². The molecule has 0 unspecified atom stereocenters. The number of halogens is 6. The molecule has 1 aliphatic rings. The Morgan fingerprint density at radius 1 is 1.08 bits per heavy atom. The number of carbonyl (C=O) groups is 2. The molecule has 3 amide bonds. The van der Waals surface area contributed by atoms with Crippen molar-refractivity contribution < 1.29 is 40.7 Å². The molecule has 0 bridgehead atoms. The van der Waals surface area contributed by atoms with Crippen LogP contribution in [0.1, 0.15) is 23.6 Å². The van der Waals surface area contributed by atoms with Gasteiger partial charge in [0.05, 0.1) is 24.3 Å². The molecule has 0 spiro atoms. The molecule has 0 saturated carbocycles. The van der Waals surface area contributed by atoms with E-state index in [2.05, 4.69) is 18.1 Å². The van der Waals surface area contributed by atoms with Crippen LogP contribution in [0.3, 0.4) is 0 Å². The summed E-state index contributed by atoms with van der Waals surface area (Å²) in [4.78, 5) is 25.2. The number of thiol groups is 1. The van der Waals surface area contributed by atoms with Crippen LogP contribution in [0, 0.1) is 0 Å². The van der Waals surface area contributed by atoms with E-state index in [1.807, 2.05) is 0 Å². The minimum Gasteiger partial charge on any atom is -0.378 e. The lowest BCUT2D eigenvalue weighted by Gasteiger charge is -2.25. The molecule has 0 aliphatic carbocycles. The molecule has 1 fully saturated rings. The minimum atomic E-state index is -5.37. The molecule has 1 N–H and O–H groups in total. The van der Waals surface area contributed by atoms with E-state index in [0.717, 1.165) is 28.6 Å². The lowest BCUT2D eigenvalue weighted by atomic mass is 9.99. The van der Waals surface area contributed by atoms with E-state index in [9.17, 15) is 35.9 Å². The zero-order valence-electron chi connectivity index (χ0n) is 19.9. The standard InChI is InChI=1S/C24H23F6N3O3S2/c1-2-33(37)22(35)31-16-4-3-5-17(14-16)38-18-8-6-15(7-9-19(34)32-10-12-36-13-11-32)20(23(25,26)27)21(18)24(28,29)30/h3-9,14,37H,2,10-13H2,1H3,(H,31,35). The second-order valence-electron chi connectivity index (χ2n) is 7.95. The highest BCUT2D eigenvalue weighted by molar-refractivity contribution is 7.99. The minimum absolute atomic E-state index is 0.162. The summed E-state index contributed by atoms with van der Waals surface area (Å²) < 4.78 is 90.6. The topological polar surface area (TPSA) is 61.9 Å². The van der Waals surface area contributed by atoms with Crippen LogP contribution >= 0.6 is 24.6 Å². The highest BCUT2D eigenvalue weighted by atomic mass is 32.2. The van der Waals surface area contributed by atoms with Crippen LogP contribution in [-0.4, -0.2) is 54.0 Å². The van der Waals surface area contributed by atoms with Gasteiger partial charge in [0.2, 0.25) is 5.91 Å². The molecule has 3 rings (SSSR count). The van der Waals surface area contributed by atoms with E-state index in [1.54, 1.807) is 6.92 Å². The van der Waals surface area contributed by atoms with Gasteiger partial charge < -0.3 is 15.0 Å². The van der Waals surface area contributed by atoms with Gasteiger partial charge in [-0.2, -0.15) is 26.3 Å². The van der Waals surface area contributed by atoms with Crippen molar-refractivity contribution in [2.75, 3.05) is 38.2 Å². The average molecular weight is 580 g/mol. The van der Waals surface area contributed by atoms with E-state index in [-0.39, 0.29) is 43.4 Å². The Morgan fingerprint density at radius 3 is 2.34 bits per heavy atom. The van der Waals surface area contributed by atoms with Gasteiger partial charge in [0, 0.05) is 41.2 Å². The van der Waals surface area contributed by atoms with Crippen molar-refractivity contribution >= 4 is 48.3 Å². The van der Waals surface area contributed by atoms with Gasteiger partial charge in [-0.25, -0.2) is 4.79 Å². The Hall–Kier alpha value is -2.84. The van der Waals surface area contributed by atoms with Crippen molar-refractivity contribution in [2.24, 2.45) is 0 Å². The smallest absolute Gasteiger partial charge is 0.378 e. The van der Waals surface area contributed by atoms with Gasteiger partial charge in [-0.15, -0.1) is 0 Å². The molecule has 206 valence electrons. The summed E-state index contributed by atoms with van der Waals surface area (Å²) >= 11 is 4.43. The molecule has 2 aromatic carbocycles. The van der Waals surface area contributed by atoms with Crippen molar-refractivity contribution in [3.8, 4) is 0 Å².